The van der Waals surface area contributed by atoms with Crippen LogP contribution in [0.5, 0.6) is 0 Å². The molecule has 2 aromatic rings. The zero-order valence-corrected chi connectivity index (χ0v) is 9.98. The Morgan fingerprint density at radius 3 is 2.47 bits per heavy atom. The van der Waals surface area contributed by atoms with E-state index in [2.05, 4.69) is 10.2 Å². The van der Waals surface area contributed by atoms with E-state index in [-0.39, 0.29) is 4.90 Å². The number of hydrogen-bond donors (Lipinski definition) is 1. The van der Waals surface area contributed by atoms with E-state index in [9.17, 15) is 8.42 Å². The molecule has 1 aromatic carbocycles. The summed E-state index contributed by atoms with van der Waals surface area (Å²) in [7, 11) is -3.21. The third kappa shape index (κ3) is 2.59. The standard InChI is InChI=1S/C11H11N3O2S/c1-17(15,16)9-4-2-3-8(7-9)10-5-6-11(12)14-13-10/h2-7H,1H3,(H2,12,14). The van der Waals surface area contributed by atoms with E-state index in [1.165, 1.54) is 6.26 Å². The van der Waals surface area contributed by atoms with Gasteiger partial charge in [0.2, 0.25) is 0 Å². The van der Waals surface area contributed by atoms with Crippen molar-refractivity contribution in [3.8, 4) is 11.3 Å². The molecule has 1 heterocycles. The van der Waals surface area contributed by atoms with Gasteiger partial charge in [-0.2, -0.15) is 0 Å². The summed E-state index contributed by atoms with van der Waals surface area (Å²) in [5.41, 5.74) is 6.72. The predicted molar refractivity (Wildman–Crippen MR) is 65.0 cm³/mol. The molecule has 0 spiro atoms. The van der Waals surface area contributed by atoms with Gasteiger partial charge in [0.15, 0.2) is 9.84 Å². The van der Waals surface area contributed by atoms with Gasteiger partial charge in [0.05, 0.1) is 10.6 Å². The van der Waals surface area contributed by atoms with Gasteiger partial charge in [-0.05, 0) is 24.3 Å². The summed E-state index contributed by atoms with van der Waals surface area (Å²) >= 11 is 0. The third-order valence-corrected chi connectivity index (χ3v) is 3.35. The van der Waals surface area contributed by atoms with Crippen LogP contribution in [0.25, 0.3) is 11.3 Å². The lowest BCUT2D eigenvalue weighted by molar-refractivity contribution is 0.602. The molecular weight excluding hydrogens is 238 g/mol. The fourth-order valence-corrected chi connectivity index (χ4v) is 2.05. The average molecular weight is 249 g/mol. The number of aromatic nitrogens is 2. The molecule has 0 unspecified atom stereocenters. The topological polar surface area (TPSA) is 85.9 Å². The van der Waals surface area contributed by atoms with Crippen molar-refractivity contribution in [2.45, 2.75) is 4.90 Å². The molecule has 0 amide bonds. The van der Waals surface area contributed by atoms with Gasteiger partial charge >= 0.3 is 0 Å². The lowest BCUT2D eigenvalue weighted by Crippen LogP contribution is -1.98. The maximum Gasteiger partial charge on any atom is 0.175 e. The van der Waals surface area contributed by atoms with Gasteiger partial charge in [-0.3, -0.25) is 0 Å². The Balaban J connectivity index is 2.50. The van der Waals surface area contributed by atoms with Gasteiger partial charge < -0.3 is 5.73 Å². The van der Waals surface area contributed by atoms with Gasteiger partial charge in [0.1, 0.15) is 5.82 Å². The molecule has 2 N–H and O–H groups in total. The largest absolute Gasteiger partial charge is 0.382 e. The Labute approximate surface area is 99.2 Å². The first-order chi connectivity index (χ1) is 7.97. The number of sulfone groups is 1. The Morgan fingerprint density at radius 1 is 1.12 bits per heavy atom. The first-order valence-corrected chi connectivity index (χ1v) is 6.76. The Hall–Kier alpha value is -1.95. The molecule has 0 aliphatic heterocycles. The van der Waals surface area contributed by atoms with Crippen LogP contribution >= 0.6 is 0 Å². The predicted octanol–water partition coefficient (Wildman–Crippen LogP) is 1.13. The van der Waals surface area contributed by atoms with Crippen LogP contribution in [0.2, 0.25) is 0 Å². The van der Waals surface area contributed by atoms with Gasteiger partial charge in [-0.1, -0.05) is 12.1 Å². The van der Waals surface area contributed by atoms with E-state index in [0.29, 0.717) is 17.1 Å². The Bertz CT molecular complexity index is 636. The molecule has 0 fully saturated rings. The van der Waals surface area contributed by atoms with Crippen molar-refractivity contribution in [3.05, 3.63) is 36.4 Å². The molecule has 6 heteroatoms. The summed E-state index contributed by atoms with van der Waals surface area (Å²) in [6.07, 6.45) is 1.17. The highest BCUT2D eigenvalue weighted by atomic mass is 32.2. The van der Waals surface area contributed by atoms with E-state index >= 15 is 0 Å². The molecule has 2 rings (SSSR count). The summed E-state index contributed by atoms with van der Waals surface area (Å²) in [5.74, 6) is 0.327. The van der Waals surface area contributed by atoms with Gasteiger partial charge in [-0.25, -0.2) is 8.42 Å². The highest BCUT2D eigenvalue weighted by molar-refractivity contribution is 7.90. The summed E-state index contributed by atoms with van der Waals surface area (Å²) < 4.78 is 22.8. The first-order valence-electron chi connectivity index (χ1n) is 4.86. The molecule has 0 radical (unpaired) electrons. The van der Waals surface area contributed by atoms with Crippen molar-refractivity contribution in [2.24, 2.45) is 0 Å². The van der Waals surface area contributed by atoms with E-state index in [1.54, 1.807) is 36.4 Å². The first kappa shape index (κ1) is 11.5. The van der Waals surface area contributed by atoms with Crippen LogP contribution in [0.3, 0.4) is 0 Å². The molecule has 0 saturated carbocycles. The number of anilines is 1. The molecule has 0 aliphatic carbocycles. The van der Waals surface area contributed by atoms with Gasteiger partial charge in [-0.15, -0.1) is 10.2 Å². The number of rotatable bonds is 2. The van der Waals surface area contributed by atoms with Crippen LogP contribution in [0.15, 0.2) is 41.3 Å². The molecule has 88 valence electrons. The van der Waals surface area contributed by atoms with Crippen molar-refractivity contribution in [1.82, 2.24) is 10.2 Å². The van der Waals surface area contributed by atoms with Gasteiger partial charge in [0.25, 0.3) is 0 Å². The zero-order valence-electron chi connectivity index (χ0n) is 9.16. The van der Waals surface area contributed by atoms with Crippen LogP contribution in [-0.2, 0) is 9.84 Å². The summed E-state index contributed by atoms with van der Waals surface area (Å²) in [6, 6.07) is 9.87. The maximum atomic E-state index is 11.4. The highest BCUT2D eigenvalue weighted by Crippen LogP contribution is 2.20. The fourth-order valence-electron chi connectivity index (χ4n) is 1.38. The molecule has 0 atom stereocenters. The fraction of sp³-hybridized carbons (Fsp3) is 0.0909. The molecule has 17 heavy (non-hydrogen) atoms. The second-order valence-electron chi connectivity index (χ2n) is 3.64. The highest BCUT2D eigenvalue weighted by Gasteiger charge is 2.08. The number of benzene rings is 1. The second-order valence-corrected chi connectivity index (χ2v) is 5.66. The van der Waals surface area contributed by atoms with Crippen LogP contribution in [0.4, 0.5) is 5.82 Å². The van der Waals surface area contributed by atoms with Crippen LogP contribution in [-0.4, -0.2) is 24.9 Å². The number of nitrogen functional groups attached to an aromatic ring is 1. The lowest BCUT2D eigenvalue weighted by atomic mass is 10.1. The van der Waals surface area contributed by atoms with Crippen LogP contribution in [0, 0.1) is 0 Å². The minimum atomic E-state index is -3.21. The van der Waals surface area contributed by atoms with E-state index < -0.39 is 9.84 Å². The van der Waals surface area contributed by atoms with E-state index in [0.717, 1.165) is 0 Å². The molecule has 0 saturated heterocycles. The second kappa shape index (κ2) is 4.14. The van der Waals surface area contributed by atoms with Crippen molar-refractivity contribution in [1.29, 1.82) is 0 Å². The lowest BCUT2D eigenvalue weighted by Gasteiger charge is -2.03. The molecular formula is C11H11N3O2S. The van der Waals surface area contributed by atoms with E-state index in [4.69, 9.17) is 5.73 Å². The van der Waals surface area contributed by atoms with Crippen molar-refractivity contribution >= 4 is 15.7 Å². The van der Waals surface area contributed by atoms with Gasteiger partial charge in [0, 0.05) is 11.8 Å². The Morgan fingerprint density at radius 2 is 1.88 bits per heavy atom. The molecule has 1 aromatic heterocycles. The smallest absolute Gasteiger partial charge is 0.175 e. The molecule has 0 bridgehead atoms. The quantitative estimate of drug-likeness (QED) is 0.862. The van der Waals surface area contributed by atoms with Crippen LogP contribution in [0.1, 0.15) is 0 Å². The number of nitrogens with zero attached hydrogens (tertiary/aromatic N) is 2. The van der Waals surface area contributed by atoms with Crippen molar-refractivity contribution in [3.63, 3.8) is 0 Å². The summed E-state index contributed by atoms with van der Waals surface area (Å²) in [6.45, 7) is 0. The Kier molecular flexibility index (Phi) is 2.81. The molecule has 0 aliphatic rings. The number of hydrogen-bond acceptors (Lipinski definition) is 5. The minimum absolute atomic E-state index is 0.258. The van der Waals surface area contributed by atoms with Crippen LogP contribution < -0.4 is 5.73 Å². The van der Waals surface area contributed by atoms with E-state index in [1.807, 2.05) is 0 Å². The normalized spacial score (nSPS) is 11.4. The maximum absolute atomic E-state index is 11.4. The monoisotopic (exact) mass is 249 g/mol. The summed E-state index contributed by atoms with van der Waals surface area (Å²) in [4.78, 5) is 0.258. The average Bonchev–Trinajstić information content (AvgIpc) is 2.29. The van der Waals surface area contributed by atoms with Crippen molar-refractivity contribution in [2.75, 3.05) is 12.0 Å². The van der Waals surface area contributed by atoms with Crippen molar-refractivity contribution < 1.29 is 8.42 Å². The molecule has 5 nitrogen and oxygen atoms in total. The zero-order chi connectivity index (χ0) is 12.5. The summed E-state index contributed by atoms with van der Waals surface area (Å²) in [5, 5.41) is 7.63. The third-order valence-electron chi connectivity index (χ3n) is 2.24. The SMILES string of the molecule is CS(=O)(=O)c1cccc(-c2ccc(N)nn2)c1. The minimum Gasteiger partial charge on any atom is -0.382 e. The number of nitrogens with two attached hydrogens (primary N) is 1.